The van der Waals surface area contributed by atoms with Gasteiger partial charge in [0.15, 0.2) is 0 Å². The number of nitrogens with two attached hydrogens (primary N) is 1. The van der Waals surface area contributed by atoms with Crippen molar-refractivity contribution < 1.29 is 0 Å². The number of unbranched alkanes of at least 4 members (excludes halogenated alkanes) is 2. The van der Waals surface area contributed by atoms with Gasteiger partial charge in [-0.1, -0.05) is 31.9 Å². The molecule has 96 valence electrons. The first-order valence-corrected chi connectivity index (χ1v) is 7.42. The van der Waals surface area contributed by atoms with E-state index in [1.165, 1.54) is 28.4 Å². The van der Waals surface area contributed by atoms with Gasteiger partial charge in [-0.2, -0.15) is 0 Å². The second-order valence-corrected chi connectivity index (χ2v) is 5.74. The topological polar surface area (TPSA) is 29.3 Å². The lowest BCUT2D eigenvalue weighted by atomic mass is 10.1. The molecule has 0 radical (unpaired) electrons. The zero-order valence-corrected chi connectivity index (χ0v) is 13.0. The van der Waals surface area contributed by atoms with Crippen molar-refractivity contribution in [2.75, 3.05) is 20.1 Å². The third-order valence-electron chi connectivity index (χ3n) is 3.12. The fourth-order valence-electron chi connectivity index (χ4n) is 2.02. The van der Waals surface area contributed by atoms with E-state index in [2.05, 4.69) is 65.7 Å². The van der Waals surface area contributed by atoms with E-state index in [0.29, 0.717) is 12.6 Å². The minimum atomic E-state index is 0.351. The molecule has 0 aliphatic rings. The second kappa shape index (κ2) is 8.06. The number of benzene rings is 1. The van der Waals surface area contributed by atoms with Crippen molar-refractivity contribution in [2.45, 2.75) is 32.2 Å². The van der Waals surface area contributed by atoms with Crippen LogP contribution in [-0.2, 0) is 0 Å². The average Bonchev–Trinajstić information content (AvgIpc) is 2.33. The summed E-state index contributed by atoms with van der Waals surface area (Å²) in [4.78, 5) is 2.37. The maximum atomic E-state index is 5.90. The molecule has 0 aliphatic heterocycles. The Morgan fingerprint density at radius 2 is 1.88 bits per heavy atom. The summed E-state index contributed by atoms with van der Waals surface area (Å²) in [6.07, 6.45) is 3.83. The van der Waals surface area contributed by atoms with Gasteiger partial charge in [0.1, 0.15) is 0 Å². The van der Waals surface area contributed by atoms with Crippen LogP contribution < -0.4 is 5.73 Å². The van der Waals surface area contributed by atoms with Crippen LogP contribution >= 0.6 is 22.6 Å². The summed E-state index contributed by atoms with van der Waals surface area (Å²) in [6.45, 7) is 4.05. The van der Waals surface area contributed by atoms with Crippen molar-refractivity contribution in [1.82, 2.24) is 4.90 Å². The lowest BCUT2D eigenvalue weighted by molar-refractivity contribution is 0.245. The number of hydrogen-bond acceptors (Lipinski definition) is 2. The molecule has 0 heterocycles. The molecule has 0 aliphatic carbocycles. The van der Waals surface area contributed by atoms with Gasteiger partial charge in [0.05, 0.1) is 0 Å². The molecule has 0 spiro atoms. The van der Waals surface area contributed by atoms with Crippen molar-refractivity contribution in [3.63, 3.8) is 0 Å². The molecule has 0 aromatic heterocycles. The summed E-state index contributed by atoms with van der Waals surface area (Å²) < 4.78 is 1.27. The third kappa shape index (κ3) is 4.94. The van der Waals surface area contributed by atoms with Crippen LogP contribution in [0, 0.1) is 3.57 Å². The Kier molecular flexibility index (Phi) is 7.08. The summed E-state index contributed by atoms with van der Waals surface area (Å²) in [6, 6.07) is 9.03. The van der Waals surface area contributed by atoms with Crippen LogP contribution in [0.25, 0.3) is 0 Å². The predicted molar refractivity (Wildman–Crippen MR) is 83.1 cm³/mol. The maximum absolute atomic E-state index is 5.90. The Labute approximate surface area is 119 Å². The maximum Gasteiger partial charge on any atom is 0.0467 e. The minimum absolute atomic E-state index is 0.351. The molecule has 1 atom stereocenters. The van der Waals surface area contributed by atoms with Crippen LogP contribution in [0.15, 0.2) is 24.3 Å². The number of halogens is 1. The van der Waals surface area contributed by atoms with Gasteiger partial charge in [-0.15, -0.1) is 0 Å². The Balaban J connectivity index is 2.60. The minimum Gasteiger partial charge on any atom is -0.329 e. The van der Waals surface area contributed by atoms with E-state index in [1.807, 2.05) is 0 Å². The van der Waals surface area contributed by atoms with Crippen molar-refractivity contribution in [3.8, 4) is 0 Å². The molecule has 1 aromatic rings. The van der Waals surface area contributed by atoms with Crippen molar-refractivity contribution in [1.29, 1.82) is 0 Å². The smallest absolute Gasteiger partial charge is 0.0467 e. The number of rotatable bonds is 7. The van der Waals surface area contributed by atoms with Crippen LogP contribution in [0.4, 0.5) is 0 Å². The molecule has 1 rings (SSSR count). The normalized spacial score (nSPS) is 13.0. The first kappa shape index (κ1) is 14.9. The van der Waals surface area contributed by atoms with Gasteiger partial charge in [-0.05, 0) is 60.3 Å². The average molecular weight is 346 g/mol. The Morgan fingerprint density at radius 3 is 2.41 bits per heavy atom. The van der Waals surface area contributed by atoms with E-state index in [4.69, 9.17) is 5.73 Å². The largest absolute Gasteiger partial charge is 0.329 e. The van der Waals surface area contributed by atoms with Crippen molar-refractivity contribution in [2.24, 2.45) is 5.73 Å². The van der Waals surface area contributed by atoms with Gasteiger partial charge in [0.25, 0.3) is 0 Å². The molecule has 0 saturated heterocycles. The quantitative estimate of drug-likeness (QED) is 0.606. The first-order valence-electron chi connectivity index (χ1n) is 6.34. The lowest BCUT2D eigenvalue weighted by Crippen LogP contribution is -2.31. The molecule has 2 N–H and O–H groups in total. The summed E-state index contributed by atoms with van der Waals surface area (Å²) >= 11 is 2.33. The molecule has 0 saturated carbocycles. The summed E-state index contributed by atoms with van der Waals surface area (Å²) in [5.74, 6) is 0. The summed E-state index contributed by atoms with van der Waals surface area (Å²) in [5.41, 5.74) is 7.23. The van der Waals surface area contributed by atoms with Crippen LogP contribution in [0.2, 0.25) is 0 Å². The van der Waals surface area contributed by atoms with E-state index < -0.39 is 0 Å². The van der Waals surface area contributed by atoms with E-state index in [9.17, 15) is 0 Å². The monoisotopic (exact) mass is 346 g/mol. The summed E-state index contributed by atoms with van der Waals surface area (Å²) in [7, 11) is 2.17. The van der Waals surface area contributed by atoms with E-state index >= 15 is 0 Å². The number of hydrogen-bond donors (Lipinski definition) is 1. The zero-order valence-electron chi connectivity index (χ0n) is 10.8. The van der Waals surface area contributed by atoms with Crippen LogP contribution in [0.3, 0.4) is 0 Å². The second-order valence-electron chi connectivity index (χ2n) is 4.49. The molecular formula is C14H23IN2. The van der Waals surface area contributed by atoms with Crippen LogP contribution in [0.1, 0.15) is 37.8 Å². The van der Waals surface area contributed by atoms with Gasteiger partial charge in [0, 0.05) is 16.2 Å². The van der Waals surface area contributed by atoms with Gasteiger partial charge in [-0.3, -0.25) is 4.90 Å². The highest BCUT2D eigenvalue weighted by Gasteiger charge is 2.14. The molecular weight excluding hydrogens is 323 g/mol. The third-order valence-corrected chi connectivity index (χ3v) is 3.84. The Bertz CT molecular complexity index is 311. The summed E-state index contributed by atoms with van der Waals surface area (Å²) in [5, 5.41) is 0. The van der Waals surface area contributed by atoms with Gasteiger partial charge >= 0.3 is 0 Å². The van der Waals surface area contributed by atoms with E-state index in [1.54, 1.807) is 0 Å². The predicted octanol–water partition coefficient (Wildman–Crippen LogP) is 3.41. The van der Waals surface area contributed by atoms with Crippen molar-refractivity contribution in [3.05, 3.63) is 33.4 Å². The molecule has 1 unspecified atom stereocenters. The fourth-order valence-corrected chi connectivity index (χ4v) is 2.38. The molecule has 1 aromatic carbocycles. The fraction of sp³-hybridized carbons (Fsp3) is 0.571. The standard InChI is InChI=1S/C14H23IN2/c1-3-4-5-10-17(2)14(11-16)12-6-8-13(15)9-7-12/h6-9,14H,3-5,10-11,16H2,1-2H3. The highest BCUT2D eigenvalue weighted by molar-refractivity contribution is 14.1. The Morgan fingerprint density at radius 1 is 1.24 bits per heavy atom. The van der Waals surface area contributed by atoms with E-state index in [-0.39, 0.29) is 0 Å². The van der Waals surface area contributed by atoms with E-state index in [0.717, 1.165) is 6.54 Å². The highest BCUT2D eigenvalue weighted by atomic mass is 127. The molecule has 0 bridgehead atoms. The number of likely N-dealkylation sites (N-methyl/N-ethyl adjacent to an activating group) is 1. The molecule has 3 heteroatoms. The van der Waals surface area contributed by atoms with Gasteiger partial charge in [0.2, 0.25) is 0 Å². The highest BCUT2D eigenvalue weighted by Crippen LogP contribution is 2.19. The first-order chi connectivity index (χ1) is 8.19. The van der Waals surface area contributed by atoms with Crippen LogP contribution in [0.5, 0.6) is 0 Å². The zero-order chi connectivity index (χ0) is 12.7. The lowest BCUT2D eigenvalue weighted by Gasteiger charge is -2.27. The molecule has 17 heavy (non-hydrogen) atoms. The van der Waals surface area contributed by atoms with Gasteiger partial charge in [-0.25, -0.2) is 0 Å². The number of nitrogens with zero attached hydrogens (tertiary/aromatic N) is 1. The van der Waals surface area contributed by atoms with Crippen molar-refractivity contribution >= 4 is 22.6 Å². The Hall–Kier alpha value is -0.130. The molecule has 0 amide bonds. The van der Waals surface area contributed by atoms with Crippen LogP contribution in [-0.4, -0.2) is 25.0 Å². The molecule has 2 nitrogen and oxygen atoms in total. The van der Waals surface area contributed by atoms with Gasteiger partial charge < -0.3 is 5.73 Å². The SMILES string of the molecule is CCCCCN(C)C(CN)c1ccc(I)cc1. The molecule has 0 fully saturated rings.